The van der Waals surface area contributed by atoms with Crippen LogP contribution in [0.25, 0.3) is 0 Å². The van der Waals surface area contributed by atoms with Gasteiger partial charge in [-0.15, -0.1) is 0 Å². The standard InChI is InChI=1S/C7H8F5IO/c1-5(2,14)4(13)3-6(8,9)7(10,11)12/h3,14H,1-2H3/b4-3-. The van der Waals surface area contributed by atoms with Gasteiger partial charge < -0.3 is 5.11 Å². The molecule has 0 aromatic rings. The van der Waals surface area contributed by atoms with Crippen molar-refractivity contribution in [2.45, 2.75) is 31.5 Å². The minimum absolute atomic E-state index is 0.284. The highest BCUT2D eigenvalue weighted by atomic mass is 127. The highest BCUT2D eigenvalue weighted by molar-refractivity contribution is 14.1. The molecule has 0 unspecified atom stereocenters. The second-order valence-electron chi connectivity index (χ2n) is 3.17. The first-order valence-corrected chi connectivity index (χ1v) is 4.51. The molecule has 0 fully saturated rings. The van der Waals surface area contributed by atoms with Crippen molar-refractivity contribution < 1.29 is 27.1 Å². The number of alkyl halides is 5. The van der Waals surface area contributed by atoms with E-state index in [9.17, 15) is 22.0 Å². The van der Waals surface area contributed by atoms with E-state index in [1.54, 1.807) is 0 Å². The van der Waals surface area contributed by atoms with Gasteiger partial charge in [0.2, 0.25) is 0 Å². The lowest BCUT2D eigenvalue weighted by molar-refractivity contribution is -0.259. The number of halogens is 6. The molecule has 0 radical (unpaired) electrons. The lowest BCUT2D eigenvalue weighted by Gasteiger charge is -2.21. The Balaban J connectivity index is 5.00. The second-order valence-corrected chi connectivity index (χ2v) is 4.33. The Bertz CT molecular complexity index is 237. The summed E-state index contributed by atoms with van der Waals surface area (Å²) >= 11 is 1.24. The minimum Gasteiger partial charge on any atom is -0.385 e. The summed E-state index contributed by atoms with van der Waals surface area (Å²) in [6.45, 7) is 2.25. The highest BCUT2D eigenvalue weighted by Crippen LogP contribution is 2.39. The van der Waals surface area contributed by atoms with Crippen molar-refractivity contribution in [3.63, 3.8) is 0 Å². The summed E-state index contributed by atoms with van der Waals surface area (Å²) in [4.78, 5) is 0. The summed E-state index contributed by atoms with van der Waals surface area (Å²) in [6.07, 6.45) is -5.91. The monoisotopic (exact) mass is 330 g/mol. The van der Waals surface area contributed by atoms with E-state index in [1.807, 2.05) is 0 Å². The van der Waals surface area contributed by atoms with Gasteiger partial charge in [0.25, 0.3) is 0 Å². The number of allylic oxidation sites excluding steroid dienone is 1. The van der Waals surface area contributed by atoms with Crippen LogP contribution in [0.5, 0.6) is 0 Å². The van der Waals surface area contributed by atoms with Crippen LogP contribution in [0, 0.1) is 0 Å². The van der Waals surface area contributed by atoms with Gasteiger partial charge in [0.15, 0.2) is 0 Å². The summed E-state index contributed by atoms with van der Waals surface area (Å²) in [5.74, 6) is -4.91. The zero-order chi connectivity index (χ0) is 11.8. The summed E-state index contributed by atoms with van der Waals surface area (Å²) in [6, 6.07) is 0. The fraction of sp³-hybridized carbons (Fsp3) is 0.714. The molecule has 0 heterocycles. The largest absolute Gasteiger partial charge is 0.457 e. The van der Waals surface area contributed by atoms with Crippen LogP contribution in [0.4, 0.5) is 22.0 Å². The van der Waals surface area contributed by atoms with Gasteiger partial charge in [-0.25, -0.2) is 0 Å². The van der Waals surface area contributed by atoms with Crippen LogP contribution in [0.3, 0.4) is 0 Å². The average molecular weight is 330 g/mol. The lowest BCUT2D eigenvalue weighted by Crippen LogP contribution is -2.35. The summed E-state index contributed by atoms with van der Waals surface area (Å²) in [5, 5.41) is 9.14. The molecule has 84 valence electrons. The Hall–Kier alpha value is 0.0800. The van der Waals surface area contributed by atoms with Gasteiger partial charge in [-0.1, -0.05) is 0 Å². The van der Waals surface area contributed by atoms with Gasteiger partial charge in [0, 0.05) is 9.66 Å². The Morgan fingerprint density at radius 2 is 1.50 bits per heavy atom. The normalized spacial score (nSPS) is 15.9. The number of hydrogen-bond donors (Lipinski definition) is 1. The van der Waals surface area contributed by atoms with Crippen molar-refractivity contribution >= 4 is 22.6 Å². The molecule has 0 atom stereocenters. The van der Waals surface area contributed by atoms with Crippen LogP contribution in [0.15, 0.2) is 9.66 Å². The van der Waals surface area contributed by atoms with Crippen LogP contribution < -0.4 is 0 Å². The molecule has 0 saturated carbocycles. The van der Waals surface area contributed by atoms with E-state index >= 15 is 0 Å². The topological polar surface area (TPSA) is 20.2 Å². The van der Waals surface area contributed by atoms with Crippen molar-refractivity contribution in [1.82, 2.24) is 0 Å². The van der Waals surface area contributed by atoms with Gasteiger partial charge in [-0.05, 0) is 36.4 Å². The van der Waals surface area contributed by atoms with Gasteiger partial charge in [0.05, 0.1) is 5.60 Å². The van der Waals surface area contributed by atoms with E-state index in [0.717, 1.165) is 13.8 Å². The molecule has 7 heteroatoms. The van der Waals surface area contributed by atoms with Crippen LogP contribution in [0.1, 0.15) is 13.8 Å². The van der Waals surface area contributed by atoms with Crippen molar-refractivity contribution in [1.29, 1.82) is 0 Å². The Morgan fingerprint density at radius 1 is 1.14 bits per heavy atom. The number of aliphatic hydroxyl groups is 1. The third-order valence-corrected chi connectivity index (χ3v) is 2.90. The predicted molar refractivity (Wildman–Crippen MR) is 49.4 cm³/mol. The maximum atomic E-state index is 12.4. The van der Waals surface area contributed by atoms with Crippen molar-refractivity contribution in [2.24, 2.45) is 0 Å². The van der Waals surface area contributed by atoms with E-state index < -0.39 is 21.3 Å². The number of hydrogen-bond acceptors (Lipinski definition) is 1. The first kappa shape index (κ1) is 14.1. The van der Waals surface area contributed by atoms with Gasteiger partial charge in [-0.3, -0.25) is 0 Å². The first-order valence-electron chi connectivity index (χ1n) is 3.43. The molecule has 14 heavy (non-hydrogen) atoms. The summed E-state index contributed by atoms with van der Waals surface area (Å²) < 4.78 is 59.4. The lowest BCUT2D eigenvalue weighted by atomic mass is 10.1. The molecule has 0 spiro atoms. The fourth-order valence-electron chi connectivity index (χ4n) is 0.418. The maximum absolute atomic E-state index is 12.4. The van der Waals surface area contributed by atoms with Crippen LogP contribution in [-0.4, -0.2) is 22.8 Å². The molecule has 0 aliphatic carbocycles. The van der Waals surface area contributed by atoms with E-state index in [1.165, 1.54) is 22.6 Å². The van der Waals surface area contributed by atoms with E-state index in [0.29, 0.717) is 0 Å². The minimum atomic E-state index is -5.63. The second kappa shape index (κ2) is 3.92. The molecule has 0 bridgehead atoms. The molecular formula is C7H8F5IO. The molecule has 0 rings (SSSR count). The molecular weight excluding hydrogens is 322 g/mol. The third kappa shape index (κ3) is 3.68. The predicted octanol–water partition coefficient (Wildman–Crippen LogP) is 3.27. The molecule has 0 saturated heterocycles. The smallest absolute Gasteiger partial charge is 0.385 e. The van der Waals surface area contributed by atoms with Crippen LogP contribution >= 0.6 is 22.6 Å². The number of rotatable bonds is 2. The average Bonchev–Trinajstić information content (AvgIpc) is 1.80. The van der Waals surface area contributed by atoms with Crippen LogP contribution in [-0.2, 0) is 0 Å². The Kier molecular flexibility index (Phi) is 3.94. The molecule has 0 aromatic carbocycles. The first-order chi connectivity index (χ1) is 5.88. The van der Waals surface area contributed by atoms with Gasteiger partial charge >= 0.3 is 12.1 Å². The van der Waals surface area contributed by atoms with Crippen molar-refractivity contribution in [3.8, 4) is 0 Å². The van der Waals surface area contributed by atoms with Crippen molar-refractivity contribution in [2.75, 3.05) is 0 Å². The maximum Gasteiger partial charge on any atom is 0.457 e. The zero-order valence-corrected chi connectivity index (χ0v) is 9.45. The summed E-state index contributed by atoms with van der Waals surface area (Å²) in [5.41, 5.74) is -1.70. The van der Waals surface area contributed by atoms with Crippen LogP contribution in [0.2, 0.25) is 0 Å². The van der Waals surface area contributed by atoms with E-state index in [-0.39, 0.29) is 6.08 Å². The van der Waals surface area contributed by atoms with Gasteiger partial charge in [0.1, 0.15) is 0 Å². The quantitative estimate of drug-likeness (QED) is 0.609. The highest BCUT2D eigenvalue weighted by Gasteiger charge is 2.56. The summed E-state index contributed by atoms with van der Waals surface area (Å²) in [7, 11) is 0. The van der Waals surface area contributed by atoms with Gasteiger partial charge in [-0.2, -0.15) is 22.0 Å². The SMILES string of the molecule is CC(C)(O)/C(I)=C/C(F)(F)C(F)(F)F. The van der Waals surface area contributed by atoms with E-state index in [4.69, 9.17) is 5.11 Å². The van der Waals surface area contributed by atoms with Crippen molar-refractivity contribution in [3.05, 3.63) is 9.66 Å². The fourth-order valence-corrected chi connectivity index (χ4v) is 0.809. The Labute approximate surface area is 91.1 Å². The molecule has 0 amide bonds. The van der Waals surface area contributed by atoms with E-state index in [2.05, 4.69) is 0 Å². The zero-order valence-electron chi connectivity index (χ0n) is 7.29. The molecule has 0 aromatic heterocycles. The molecule has 0 aliphatic rings. The molecule has 1 N–H and O–H groups in total. The Morgan fingerprint density at radius 3 is 1.71 bits per heavy atom. The third-order valence-electron chi connectivity index (χ3n) is 1.27. The molecule has 1 nitrogen and oxygen atoms in total. The molecule has 0 aliphatic heterocycles.